The Morgan fingerprint density at radius 2 is 0.515 bits per heavy atom. The summed E-state index contributed by atoms with van der Waals surface area (Å²) in [6.07, 6.45) is 41.4. The number of aliphatic hydroxyl groups is 1. The number of unbranched alkanes of at least 4 members (excludes halogenated alkanes) is 27. The van der Waals surface area contributed by atoms with Gasteiger partial charge in [0.2, 0.25) is 0 Å². The smallest absolute Gasteiger partial charge is 0.0512 e. The second kappa shape index (κ2) is 30.0. The fourth-order valence-electron chi connectivity index (χ4n) is 5.11. The van der Waals surface area contributed by atoms with Crippen molar-refractivity contribution in [3.05, 3.63) is 0 Å². The normalized spacial score (nSPS) is 12.5. The highest BCUT2D eigenvalue weighted by Crippen LogP contribution is 2.16. The van der Waals surface area contributed by atoms with Crippen LogP contribution in [-0.4, -0.2) is 11.2 Å². The van der Waals surface area contributed by atoms with Crippen LogP contribution in [0, 0.1) is 0 Å². The zero-order valence-electron chi connectivity index (χ0n) is 23.5. The van der Waals surface area contributed by atoms with Gasteiger partial charge in [-0.3, -0.25) is 0 Å². The molecule has 0 fully saturated rings. The predicted molar refractivity (Wildman–Crippen MR) is 151 cm³/mol. The summed E-state index contributed by atoms with van der Waals surface area (Å²) < 4.78 is 0. The summed E-state index contributed by atoms with van der Waals surface area (Å²) in [7, 11) is 0. The van der Waals surface area contributed by atoms with E-state index in [1.807, 2.05) is 6.92 Å². The van der Waals surface area contributed by atoms with Crippen LogP contribution < -0.4 is 0 Å². The molecule has 200 valence electrons. The first-order valence-corrected chi connectivity index (χ1v) is 16.0. The van der Waals surface area contributed by atoms with E-state index in [0.717, 1.165) is 6.42 Å². The molecule has 0 rings (SSSR count). The van der Waals surface area contributed by atoms with Gasteiger partial charge in [-0.25, -0.2) is 0 Å². The van der Waals surface area contributed by atoms with E-state index >= 15 is 0 Å². The summed E-state index contributed by atoms with van der Waals surface area (Å²) in [5, 5.41) is 9.25. The minimum absolute atomic E-state index is 0.103. The summed E-state index contributed by atoms with van der Waals surface area (Å²) in [5.41, 5.74) is 0. The van der Waals surface area contributed by atoms with Crippen molar-refractivity contribution in [3.8, 4) is 0 Å². The molecular weight excluding hydrogens is 400 g/mol. The predicted octanol–water partition coefficient (Wildman–Crippen LogP) is 11.7. The average Bonchev–Trinajstić information content (AvgIpc) is 2.80. The van der Waals surface area contributed by atoms with Crippen LogP contribution in [0.4, 0.5) is 0 Å². The summed E-state index contributed by atoms with van der Waals surface area (Å²) in [6, 6.07) is 0. The van der Waals surface area contributed by atoms with Gasteiger partial charge in [0, 0.05) is 0 Å². The van der Waals surface area contributed by atoms with Crippen molar-refractivity contribution in [2.75, 3.05) is 0 Å². The average molecular weight is 467 g/mol. The third-order valence-electron chi connectivity index (χ3n) is 7.48. The van der Waals surface area contributed by atoms with E-state index in [2.05, 4.69) is 6.92 Å². The second-order valence-electron chi connectivity index (χ2n) is 11.2. The highest BCUT2D eigenvalue weighted by molar-refractivity contribution is 4.53. The molecule has 0 spiro atoms. The van der Waals surface area contributed by atoms with Gasteiger partial charge in [0.1, 0.15) is 0 Å². The van der Waals surface area contributed by atoms with Crippen molar-refractivity contribution in [1.29, 1.82) is 0 Å². The van der Waals surface area contributed by atoms with Gasteiger partial charge in [-0.05, 0) is 13.3 Å². The van der Waals surface area contributed by atoms with Crippen LogP contribution in [0.5, 0.6) is 0 Å². The second-order valence-corrected chi connectivity index (χ2v) is 11.2. The largest absolute Gasteiger partial charge is 0.393 e. The molecule has 1 N–H and O–H groups in total. The maximum absolute atomic E-state index is 9.25. The first kappa shape index (κ1) is 33.0. The molecule has 0 amide bonds. The molecule has 0 heterocycles. The monoisotopic (exact) mass is 467 g/mol. The minimum Gasteiger partial charge on any atom is -0.393 e. The van der Waals surface area contributed by atoms with Crippen molar-refractivity contribution in [1.82, 2.24) is 0 Å². The molecule has 0 aromatic rings. The van der Waals surface area contributed by atoms with E-state index in [1.54, 1.807) is 0 Å². The first-order valence-electron chi connectivity index (χ1n) is 16.0. The molecule has 1 atom stereocenters. The zero-order chi connectivity index (χ0) is 24.1. The number of hydrogen-bond acceptors (Lipinski definition) is 1. The molecule has 0 aromatic heterocycles. The Hall–Kier alpha value is -0.0400. The maximum Gasteiger partial charge on any atom is 0.0512 e. The van der Waals surface area contributed by atoms with Gasteiger partial charge in [0.15, 0.2) is 0 Å². The van der Waals surface area contributed by atoms with Gasteiger partial charge in [-0.15, -0.1) is 0 Å². The van der Waals surface area contributed by atoms with Gasteiger partial charge < -0.3 is 5.11 Å². The molecule has 33 heavy (non-hydrogen) atoms. The van der Waals surface area contributed by atoms with Crippen LogP contribution in [0.3, 0.4) is 0 Å². The molecule has 0 aromatic carbocycles. The van der Waals surface area contributed by atoms with Crippen molar-refractivity contribution in [2.24, 2.45) is 0 Å². The fraction of sp³-hybridized carbons (Fsp3) is 1.00. The van der Waals surface area contributed by atoms with Crippen LogP contribution in [-0.2, 0) is 0 Å². The summed E-state index contributed by atoms with van der Waals surface area (Å²) >= 11 is 0. The summed E-state index contributed by atoms with van der Waals surface area (Å²) in [5.74, 6) is 0. The SMILES string of the molecule is CCCCCCCCCCCCCCCCCCCCCCCCCCCCCCC(C)O. The molecule has 0 aliphatic carbocycles. The molecule has 0 aliphatic heterocycles. The van der Waals surface area contributed by atoms with Crippen molar-refractivity contribution in [3.63, 3.8) is 0 Å². The Balaban J connectivity index is 3.00. The topological polar surface area (TPSA) is 20.2 Å². The Morgan fingerprint density at radius 1 is 0.333 bits per heavy atom. The highest BCUT2D eigenvalue weighted by atomic mass is 16.3. The molecule has 0 saturated carbocycles. The quantitative estimate of drug-likeness (QED) is 0.109. The Kier molecular flexibility index (Phi) is 30.0. The van der Waals surface area contributed by atoms with Gasteiger partial charge in [-0.1, -0.05) is 187 Å². The standard InChI is InChI=1S/C32H66O/c1-3-4-5-6-7-8-9-10-11-12-13-14-15-16-17-18-19-20-21-22-23-24-25-26-27-28-29-30-31-32(2)33/h32-33H,3-31H2,1-2H3. The van der Waals surface area contributed by atoms with Crippen LogP contribution >= 0.6 is 0 Å². The van der Waals surface area contributed by atoms with Crippen LogP contribution in [0.15, 0.2) is 0 Å². The molecule has 1 heteroatoms. The molecule has 1 unspecified atom stereocenters. The van der Waals surface area contributed by atoms with Gasteiger partial charge in [-0.2, -0.15) is 0 Å². The van der Waals surface area contributed by atoms with E-state index < -0.39 is 0 Å². The summed E-state index contributed by atoms with van der Waals surface area (Å²) in [4.78, 5) is 0. The number of aliphatic hydroxyl groups excluding tert-OH is 1. The van der Waals surface area contributed by atoms with Gasteiger partial charge in [0.05, 0.1) is 6.10 Å². The first-order chi connectivity index (χ1) is 16.3. The molecule has 1 nitrogen and oxygen atoms in total. The molecular formula is C32H66O. The van der Waals surface area contributed by atoms with E-state index in [9.17, 15) is 5.11 Å². The lowest BCUT2D eigenvalue weighted by Gasteiger charge is -2.05. The number of hydrogen-bond donors (Lipinski definition) is 1. The fourth-order valence-corrected chi connectivity index (χ4v) is 5.11. The van der Waals surface area contributed by atoms with Gasteiger partial charge in [0.25, 0.3) is 0 Å². The third-order valence-corrected chi connectivity index (χ3v) is 7.48. The number of rotatable bonds is 29. The van der Waals surface area contributed by atoms with Crippen LogP contribution in [0.1, 0.15) is 200 Å². The van der Waals surface area contributed by atoms with Crippen LogP contribution in [0.2, 0.25) is 0 Å². The molecule has 0 aliphatic rings. The lowest BCUT2D eigenvalue weighted by molar-refractivity contribution is 0.180. The Bertz CT molecular complexity index is 324. The Labute approximate surface area is 211 Å². The van der Waals surface area contributed by atoms with Gasteiger partial charge >= 0.3 is 0 Å². The molecule has 0 saturated heterocycles. The third kappa shape index (κ3) is 32.0. The maximum atomic E-state index is 9.25. The highest BCUT2D eigenvalue weighted by Gasteiger charge is 1.97. The lowest BCUT2D eigenvalue weighted by atomic mass is 10.0. The molecule has 0 bridgehead atoms. The summed E-state index contributed by atoms with van der Waals surface area (Å²) in [6.45, 7) is 4.21. The van der Waals surface area contributed by atoms with Crippen molar-refractivity contribution < 1.29 is 5.11 Å². The molecule has 0 radical (unpaired) electrons. The Morgan fingerprint density at radius 3 is 0.697 bits per heavy atom. The van der Waals surface area contributed by atoms with E-state index in [0.29, 0.717) is 0 Å². The van der Waals surface area contributed by atoms with Crippen molar-refractivity contribution in [2.45, 2.75) is 206 Å². The van der Waals surface area contributed by atoms with Crippen molar-refractivity contribution >= 4 is 0 Å². The minimum atomic E-state index is -0.103. The van der Waals surface area contributed by atoms with E-state index in [4.69, 9.17) is 0 Å². The van der Waals surface area contributed by atoms with Crippen LogP contribution in [0.25, 0.3) is 0 Å². The van der Waals surface area contributed by atoms with E-state index in [-0.39, 0.29) is 6.10 Å². The lowest BCUT2D eigenvalue weighted by Crippen LogP contribution is -1.98. The zero-order valence-corrected chi connectivity index (χ0v) is 23.5. The van der Waals surface area contributed by atoms with E-state index in [1.165, 1.54) is 180 Å².